The number of aliphatic hydroxyl groups is 2. The first kappa shape index (κ1) is 14.9. The zero-order chi connectivity index (χ0) is 13.5. The molecule has 0 fully saturated rings. The molecule has 0 heterocycles. The molecule has 4 heteroatoms. The quantitative estimate of drug-likeness (QED) is 0.736. The van der Waals surface area contributed by atoms with Crippen molar-refractivity contribution in [3.63, 3.8) is 0 Å². The largest absolute Gasteiger partial charge is 0.396 e. The maximum Gasteiger partial charge on any atom is 0.146 e. The van der Waals surface area contributed by atoms with Crippen LogP contribution in [0.1, 0.15) is 37.9 Å². The smallest absolute Gasteiger partial charge is 0.146 e. The minimum Gasteiger partial charge on any atom is -0.396 e. The summed E-state index contributed by atoms with van der Waals surface area (Å²) in [5, 5.41) is 18.1. The molecule has 1 unspecified atom stereocenters. The van der Waals surface area contributed by atoms with E-state index in [9.17, 15) is 9.50 Å². The van der Waals surface area contributed by atoms with Crippen LogP contribution in [0, 0.1) is 5.82 Å². The zero-order valence-electron chi connectivity index (χ0n) is 11.1. The predicted octanol–water partition coefficient (Wildman–Crippen LogP) is 2.48. The third-order valence-electron chi connectivity index (χ3n) is 3.02. The Hall–Kier alpha value is -1.13. The molecule has 1 aromatic rings. The van der Waals surface area contributed by atoms with Crippen molar-refractivity contribution in [1.29, 1.82) is 0 Å². The molecule has 0 aliphatic rings. The number of aliphatic hydroxyl groups excluding tert-OH is 2. The Morgan fingerprint density at radius 3 is 2.56 bits per heavy atom. The molecule has 3 nitrogen and oxygen atoms in total. The first-order chi connectivity index (χ1) is 8.56. The van der Waals surface area contributed by atoms with Crippen LogP contribution in [0.25, 0.3) is 0 Å². The predicted molar refractivity (Wildman–Crippen MR) is 71.2 cm³/mol. The molecule has 0 radical (unpaired) electrons. The molecule has 1 rings (SSSR count). The van der Waals surface area contributed by atoms with Gasteiger partial charge in [-0.25, -0.2) is 4.39 Å². The number of anilines is 1. The SMILES string of the molecule is CC(O)c1ccc(N(C)CCCCCO)c(F)c1. The fraction of sp³-hybridized carbons (Fsp3) is 0.571. The third-order valence-corrected chi connectivity index (χ3v) is 3.02. The van der Waals surface area contributed by atoms with Crippen molar-refractivity contribution in [2.24, 2.45) is 0 Å². The number of benzene rings is 1. The average Bonchev–Trinajstić information content (AvgIpc) is 2.34. The van der Waals surface area contributed by atoms with E-state index in [-0.39, 0.29) is 12.4 Å². The Morgan fingerprint density at radius 1 is 1.28 bits per heavy atom. The molecule has 0 amide bonds. The highest BCUT2D eigenvalue weighted by Crippen LogP contribution is 2.22. The second kappa shape index (κ2) is 7.34. The van der Waals surface area contributed by atoms with Gasteiger partial charge in [-0.15, -0.1) is 0 Å². The van der Waals surface area contributed by atoms with Crippen molar-refractivity contribution >= 4 is 5.69 Å². The van der Waals surface area contributed by atoms with Crippen molar-refractivity contribution in [3.8, 4) is 0 Å². The van der Waals surface area contributed by atoms with Crippen LogP contribution in [-0.2, 0) is 0 Å². The number of halogens is 1. The van der Waals surface area contributed by atoms with Crippen LogP contribution in [0.15, 0.2) is 18.2 Å². The highest BCUT2D eigenvalue weighted by atomic mass is 19.1. The summed E-state index contributed by atoms with van der Waals surface area (Å²) in [6.07, 6.45) is 2.00. The molecule has 2 N–H and O–H groups in total. The Balaban J connectivity index is 2.60. The van der Waals surface area contributed by atoms with Gasteiger partial charge in [-0.2, -0.15) is 0 Å². The molecule has 0 bridgehead atoms. The molecule has 0 aliphatic heterocycles. The Morgan fingerprint density at radius 2 is 2.00 bits per heavy atom. The van der Waals surface area contributed by atoms with Gasteiger partial charge in [0.15, 0.2) is 0 Å². The lowest BCUT2D eigenvalue weighted by Crippen LogP contribution is -2.20. The minimum atomic E-state index is -0.650. The Kier molecular flexibility index (Phi) is 6.09. The van der Waals surface area contributed by atoms with E-state index in [0.29, 0.717) is 11.3 Å². The summed E-state index contributed by atoms with van der Waals surface area (Å²) in [5.74, 6) is -0.307. The van der Waals surface area contributed by atoms with Gasteiger partial charge < -0.3 is 15.1 Å². The lowest BCUT2D eigenvalue weighted by Gasteiger charge is -2.20. The second-order valence-electron chi connectivity index (χ2n) is 4.59. The number of nitrogens with zero attached hydrogens (tertiary/aromatic N) is 1. The number of rotatable bonds is 7. The zero-order valence-corrected chi connectivity index (χ0v) is 11.1. The number of hydrogen-bond donors (Lipinski definition) is 2. The molecule has 0 aliphatic carbocycles. The maximum atomic E-state index is 13.8. The van der Waals surface area contributed by atoms with Crippen LogP contribution >= 0.6 is 0 Å². The van der Waals surface area contributed by atoms with Crippen LogP contribution in [-0.4, -0.2) is 30.4 Å². The maximum absolute atomic E-state index is 13.8. The van der Waals surface area contributed by atoms with E-state index in [1.54, 1.807) is 19.1 Å². The Bertz CT molecular complexity index is 369. The van der Waals surface area contributed by atoms with Gasteiger partial charge in [0.25, 0.3) is 0 Å². The summed E-state index contributed by atoms with van der Waals surface area (Å²) < 4.78 is 13.8. The van der Waals surface area contributed by atoms with Gasteiger partial charge in [-0.1, -0.05) is 6.07 Å². The van der Waals surface area contributed by atoms with Gasteiger partial charge >= 0.3 is 0 Å². The van der Waals surface area contributed by atoms with E-state index >= 15 is 0 Å². The summed E-state index contributed by atoms with van der Waals surface area (Å²) in [5.41, 5.74) is 1.13. The van der Waals surface area contributed by atoms with E-state index in [0.717, 1.165) is 25.8 Å². The molecular formula is C14H22FNO2. The summed E-state index contributed by atoms with van der Waals surface area (Å²) >= 11 is 0. The second-order valence-corrected chi connectivity index (χ2v) is 4.59. The molecule has 1 aromatic carbocycles. The highest BCUT2D eigenvalue weighted by molar-refractivity contribution is 5.48. The molecule has 18 heavy (non-hydrogen) atoms. The lowest BCUT2D eigenvalue weighted by atomic mass is 10.1. The average molecular weight is 255 g/mol. The van der Waals surface area contributed by atoms with E-state index in [1.165, 1.54) is 6.07 Å². The van der Waals surface area contributed by atoms with Gasteiger partial charge in [0.05, 0.1) is 11.8 Å². The topological polar surface area (TPSA) is 43.7 Å². The standard InChI is InChI=1S/C14H22FNO2/c1-11(18)12-6-7-14(13(15)10-12)16(2)8-4-3-5-9-17/h6-7,10-11,17-18H,3-5,8-9H2,1-2H3. The van der Waals surface area contributed by atoms with Crippen molar-refractivity contribution in [3.05, 3.63) is 29.6 Å². The van der Waals surface area contributed by atoms with E-state index in [1.807, 2.05) is 11.9 Å². The van der Waals surface area contributed by atoms with Crippen LogP contribution in [0.3, 0.4) is 0 Å². The van der Waals surface area contributed by atoms with Crippen LogP contribution < -0.4 is 4.90 Å². The highest BCUT2D eigenvalue weighted by Gasteiger charge is 2.10. The fourth-order valence-electron chi connectivity index (χ4n) is 1.85. The van der Waals surface area contributed by atoms with Gasteiger partial charge in [-0.05, 0) is 43.9 Å². The molecule has 0 aromatic heterocycles. The minimum absolute atomic E-state index is 0.209. The molecule has 1 atom stereocenters. The summed E-state index contributed by atoms with van der Waals surface area (Å²) in [6, 6.07) is 4.82. The first-order valence-electron chi connectivity index (χ1n) is 6.35. The lowest BCUT2D eigenvalue weighted by molar-refractivity contribution is 0.199. The molecule has 102 valence electrons. The third kappa shape index (κ3) is 4.27. The monoisotopic (exact) mass is 255 g/mol. The van der Waals surface area contributed by atoms with Gasteiger partial charge in [-0.3, -0.25) is 0 Å². The van der Waals surface area contributed by atoms with Crippen LogP contribution in [0.4, 0.5) is 10.1 Å². The molecule has 0 saturated heterocycles. The van der Waals surface area contributed by atoms with Crippen LogP contribution in [0.2, 0.25) is 0 Å². The molecular weight excluding hydrogens is 233 g/mol. The summed E-state index contributed by atoms with van der Waals surface area (Å²) in [7, 11) is 1.85. The Labute approximate surface area is 108 Å². The van der Waals surface area contributed by atoms with Gasteiger partial charge in [0.1, 0.15) is 5.82 Å². The van der Waals surface area contributed by atoms with Gasteiger partial charge in [0, 0.05) is 20.2 Å². The van der Waals surface area contributed by atoms with Gasteiger partial charge in [0.2, 0.25) is 0 Å². The van der Waals surface area contributed by atoms with E-state index < -0.39 is 6.10 Å². The summed E-state index contributed by atoms with van der Waals surface area (Å²) in [4.78, 5) is 1.86. The molecule has 0 saturated carbocycles. The summed E-state index contributed by atoms with van der Waals surface area (Å²) in [6.45, 7) is 2.58. The van der Waals surface area contributed by atoms with E-state index in [4.69, 9.17) is 5.11 Å². The number of hydrogen-bond acceptors (Lipinski definition) is 3. The van der Waals surface area contributed by atoms with Crippen molar-refractivity contribution < 1.29 is 14.6 Å². The van der Waals surface area contributed by atoms with Crippen molar-refractivity contribution in [1.82, 2.24) is 0 Å². The fourth-order valence-corrected chi connectivity index (χ4v) is 1.85. The van der Waals surface area contributed by atoms with Crippen LogP contribution in [0.5, 0.6) is 0 Å². The number of unbranched alkanes of at least 4 members (excludes halogenated alkanes) is 2. The normalized spacial score (nSPS) is 12.5. The molecule has 0 spiro atoms. The van der Waals surface area contributed by atoms with E-state index in [2.05, 4.69) is 0 Å². The van der Waals surface area contributed by atoms with Crippen molar-refractivity contribution in [2.45, 2.75) is 32.3 Å². The first-order valence-corrected chi connectivity index (χ1v) is 6.35. The van der Waals surface area contributed by atoms with Crippen molar-refractivity contribution in [2.75, 3.05) is 25.1 Å².